The van der Waals surface area contributed by atoms with Crippen LogP contribution >= 0.6 is 0 Å². The maximum atomic E-state index is 10.7. The molecule has 110 valence electrons. The van der Waals surface area contributed by atoms with E-state index < -0.39 is 5.97 Å². The molecule has 2 heteroatoms. The van der Waals surface area contributed by atoms with Gasteiger partial charge in [0.15, 0.2) is 0 Å². The van der Waals surface area contributed by atoms with Crippen LogP contribution in [0.15, 0.2) is 36.4 Å². The Balaban J connectivity index is 1.92. The summed E-state index contributed by atoms with van der Waals surface area (Å²) in [6.07, 6.45) is 6.32. The smallest absolute Gasteiger partial charge is 0.303 e. The van der Waals surface area contributed by atoms with E-state index in [-0.39, 0.29) is 6.42 Å². The molecule has 3 aromatic rings. The molecule has 2 nitrogen and oxygen atoms in total. The van der Waals surface area contributed by atoms with E-state index in [1.807, 2.05) is 0 Å². The summed E-state index contributed by atoms with van der Waals surface area (Å²) in [6.45, 7) is 0. The Bertz CT molecular complexity index is 937. The molecular weight excluding hydrogens is 272 g/mol. The Hall–Kier alpha value is -2.35. The van der Waals surface area contributed by atoms with Crippen LogP contribution in [0.3, 0.4) is 0 Å². The fourth-order valence-corrected chi connectivity index (χ4v) is 3.72. The Morgan fingerprint density at radius 3 is 2.77 bits per heavy atom. The highest BCUT2D eigenvalue weighted by Gasteiger charge is 2.13. The third-order valence-electron chi connectivity index (χ3n) is 4.74. The second-order valence-electron chi connectivity index (χ2n) is 6.11. The number of carboxylic acid groups (broad SMARTS) is 1. The molecule has 0 saturated heterocycles. The Morgan fingerprint density at radius 2 is 1.91 bits per heavy atom. The highest BCUT2D eigenvalue weighted by molar-refractivity contribution is 6.12. The van der Waals surface area contributed by atoms with E-state index in [1.54, 1.807) is 0 Å². The van der Waals surface area contributed by atoms with E-state index in [9.17, 15) is 4.79 Å². The lowest BCUT2D eigenvalue weighted by molar-refractivity contribution is -0.137. The summed E-state index contributed by atoms with van der Waals surface area (Å²) in [4.78, 5) is 10.7. The van der Waals surface area contributed by atoms with Gasteiger partial charge >= 0.3 is 5.97 Å². The molecule has 0 amide bonds. The van der Waals surface area contributed by atoms with Crippen molar-refractivity contribution in [2.75, 3.05) is 0 Å². The summed E-state index contributed by atoms with van der Waals surface area (Å²) < 4.78 is 0. The van der Waals surface area contributed by atoms with Crippen LogP contribution in [0.1, 0.15) is 30.4 Å². The Labute approximate surface area is 129 Å². The Kier molecular flexibility index (Phi) is 3.11. The first-order valence-corrected chi connectivity index (χ1v) is 7.92. The van der Waals surface area contributed by atoms with Crippen molar-refractivity contribution in [3.05, 3.63) is 52.7 Å². The van der Waals surface area contributed by atoms with Gasteiger partial charge in [-0.15, -0.1) is 0 Å². The second kappa shape index (κ2) is 5.13. The van der Waals surface area contributed by atoms with Crippen LogP contribution in [0, 0.1) is 0 Å². The van der Waals surface area contributed by atoms with E-state index in [0.717, 1.165) is 19.3 Å². The van der Waals surface area contributed by atoms with Crippen molar-refractivity contribution in [2.24, 2.45) is 0 Å². The second-order valence-corrected chi connectivity index (χ2v) is 6.11. The van der Waals surface area contributed by atoms with Gasteiger partial charge in [0, 0.05) is 6.42 Å². The van der Waals surface area contributed by atoms with Crippen LogP contribution in [0.4, 0.5) is 0 Å². The van der Waals surface area contributed by atoms with Crippen molar-refractivity contribution in [3.63, 3.8) is 0 Å². The van der Waals surface area contributed by atoms with Crippen molar-refractivity contribution in [1.82, 2.24) is 0 Å². The SMILES string of the molecule is O=C(O)CCCc1ccc2ccc3c4c(ccc1c24)=CCC3. The van der Waals surface area contributed by atoms with Crippen LogP contribution < -0.4 is 5.22 Å². The van der Waals surface area contributed by atoms with Gasteiger partial charge in [-0.2, -0.15) is 0 Å². The molecule has 3 aromatic carbocycles. The predicted molar refractivity (Wildman–Crippen MR) is 90.0 cm³/mol. The molecule has 0 spiro atoms. The van der Waals surface area contributed by atoms with Gasteiger partial charge in [0.05, 0.1) is 0 Å². The zero-order chi connectivity index (χ0) is 15.1. The summed E-state index contributed by atoms with van der Waals surface area (Å²) in [5.41, 5.74) is 2.71. The molecule has 1 aliphatic carbocycles. The molecule has 0 bridgehead atoms. The summed E-state index contributed by atoms with van der Waals surface area (Å²) in [7, 11) is 0. The number of aliphatic carboxylic acids is 1. The van der Waals surface area contributed by atoms with Gasteiger partial charge < -0.3 is 5.11 Å². The van der Waals surface area contributed by atoms with Crippen LogP contribution in [0.2, 0.25) is 0 Å². The molecule has 0 aliphatic heterocycles. The molecule has 1 N–H and O–H groups in total. The lowest BCUT2D eigenvalue weighted by atomic mass is 9.88. The molecule has 0 saturated carbocycles. The molecule has 22 heavy (non-hydrogen) atoms. The van der Waals surface area contributed by atoms with Crippen LogP contribution in [0.5, 0.6) is 0 Å². The quantitative estimate of drug-likeness (QED) is 0.792. The van der Waals surface area contributed by atoms with Gasteiger partial charge in [0.25, 0.3) is 0 Å². The molecule has 0 heterocycles. The molecule has 0 atom stereocenters. The van der Waals surface area contributed by atoms with E-state index in [2.05, 4.69) is 42.5 Å². The first kappa shape index (κ1) is 13.3. The zero-order valence-corrected chi connectivity index (χ0v) is 12.4. The fraction of sp³-hybridized carbons (Fsp3) is 0.250. The number of carbonyl (C=O) groups is 1. The standard InChI is InChI=1S/C20H18O2/c21-18(22)6-2-3-13-7-8-16-10-9-14-4-1-5-15-11-12-17(13)20(16)19(14)15/h5,7-12H,1-4,6H2,(H,21,22). The number of hydrogen-bond acceptors (Lipinski definition) is 1. The predicted octanol–water partition coefficient (Wildman–Crippen LogP) is 3.85. The van der Waals surface area contributed by atoms with Gasteiger partial charge in [-0.3, -0.25) is 4.79 Å². The lowest BCUT2D eigenvalue weighted by Gasteiger charge is -2.16. The topological polar surface area (TPSA) is 37.3 Å². The number of rotatable bonds is 4. The largest absolute Gasteiger partial charge is 0.481 e. The average Bonchev–Trinajstić information content (AvgIpc) is 2.53. The fourth-order valence-electron chi connectivity index (χ4n) is 3.72. The number of benzene rings is 3. The highest BCUT2D eigenvalue weighted by Crippen LogP contribution is 2.32. The van der Waals surface area contributed by atoms with E-state index in [4.69, 9.17) is 5.11 Å². The average molecular weight is 290 g/mol. The van der Waals surface area contributed by atoms with Crippen LogP contribution in [-0.2, 0) is 17.6 Å². The van der Waals surface area contributed by atoms with Crippen molar-refractivity contribution in [3.8, 4) is 0 Å². The minimum Gasteiger partial charge on any atom is -0.481 e. The molecule has 1 aliphatic rings. The minimum atomic E-state index is -0.715. The van der Waals surface area contributed by atoms with Gasteiger partial charge in [0.1, 0.15) is 0 Å². The van der Waals surface area contributed by atoms with Crippen LogP contribution in [0.25, 0.3) is 27.6 Å². The monoisotopic (exact) mass is 290 g/mol. The van der Waals surface area contributed by atoms with Crippen molar-refractivity contribution < 1.29 is 9.90 Å². The van der Waals surface area contributed by atoms with E-state index >= 15 is 0 Å². The summed E-state index contributed by atoms with van der Waals surface area (Å²) in [5, 5.41) is 15.5. The zero-order valence-electron chi connectivity index (χ0n) is 12.4. The van der Waals surface area contributed by atoms with Crippen molar-refractivity contribution >= 4 is 33.6 Å². The molecule has 0 unspecified atom stereocenters. The Morgan fingerprint density at radius 1 is 1.05 bits per heavy atom. The molecule has 0 aromatic heterocycles. The first-order chi connectivity index (χ1) is 10.7. The summed E-state index contributed by atoms with van der Waals surface area (Å²) >= 11 is 0. The maximum Gasteiger partial charge on any atom is 0.303 e. The lowest BCUT2D eigenvalue weighted by Crippen LogP contribution is -2.10. The summed E-state index contributed by atoms with van der Waals surface area (Å²) in [6, 6.07) is 13.3. The van der Waals surface area contributed by atoms with Gasteiger partial charge in [-0.25, -0.2) is 0 Å². The van der Waals surface area contributed by atoms with Crippen LogP contribution in [-0.4, -0.2) is 11.1 Å². The van der Waals surface area contributed by atoms with E-state index in [0.29, 0.717) is 6.42 Å². The maximum absolute atomic E-state index is 10.7. The number of hydrogen-bond donors (Lipinski definition) is 1. The van der Waals surface area contributed by atoms with Crippen molar-refractivity contribution in [2.45, 2.75) is 32.1 Å². The molecular formula is C20H18O2. The van der Waals surface area contributed by atoms with Gasteiger partial charge in [0.2, 0.25) is 0 Å². The first-order valence-electron chi connectivity index (χ1n) is 7.92. The minimum absolute atomic E-state index is 0.235. The third kappa shape index (κ3) is 2.07. The number of carboxylic acids is 1. The summed E-state index contributed by atoms with van der Waals surface area (Å²) in [5.74, 6) is -0.715. The third-order valence-corrected chi connectivity index (χ3v) is 4.74. The molecule has 0 radical (unpaired) electrons. The van der Waals surface area contributed by atoms with Gasteiger partial charge in [-0.05, 0) is 63.6 Å². The number of aryl methyl sites for hydroxylation is 2. The normalized spacial score (nSPS) is 13.5. The highest BCUT2D eigenvalue weighted by atomic mass is 16.4. The van der Waals surface area contributed by atoms with Gasteiger partial charge in [-0.1, -0.05) is 42.5 Å². The molecule has 0 fully saturated rings. The van der Waals surface area contributed by atoms with Crippen molar-refractivity contribution in [1.29, 1.82) is 0 Å². The molecule has 4 rings (SSSR count). The van der Waals surface area contributed by atoms with E-state index in [1.165, 1.54) is 37.9 Å².